The average molecular weight is 598 g/mol. The Morgan fingerprint density at radius 2 is 1.98 bits per heavy atom. The molecule has 13 heteroatoms. The number of rotatable bonds is 9. The van der Waals surface area contributed by atoms with Gasteiger partial charge >= 0.3 is 5.97 Å². The van der Waals surface area contributed by atoms with Gasteiger partial charge in [-0.2, -0.15) is 0 Å². The second-order valence-corrected chi connectivity index (χ2v) is 11.7. The van der Waals surface area contributed by atoms with Crippen molar-refractivity contribution in [3.8, 4) is 5.75 Å². The Hall–Kier alpha value is -3.12. The smallest absolute Gasteiger partial charge is 0.310 e. The highest BCUT2D eigenvalue weighted by atomic mass is 35.5. The van der Waals surface area contributed by atoms with Crippen molar-refractivity contribution in [1.82, 2.24) is 14.8 Å². The third-order valence-corrected chi connectivity index (χ3v) is 9.07. The third-order valence-electron chi connectivity index (χ3n) is 8.71. The third kappa shape index (κ3) is 6.08. The topological polar surface area (TPSA) is 142 Å². The molecule has 10 nitrogen and oxygen atoms in total. The lowest BCUT2D eigenvalue weighted by Crippen LogP contribution is -2.52. The first-order valence-corrected chi connectivity index (χ1v) is 14.3. The maximum Gasteiger partial charge on any atom is 0.310 e. The van der Waals surface area contributed by atoms with Crippen LogP contribution in [0.5, 0.6) is 5.75 Å². The van der Waals surface area contributed by atoms with Crippen LogP contribution in [0.2, 0.25) is 5.02 Å². The second kappa shape index (κ2) is 12.4. The van der Waals surface area contributed by atoms with E-state index in [4.69, 9.17) is 27.9 Å². The molecular formula is C28H38ClF2N5O5. The quantitative estimate of drug-likeness (QED) is 0.291. The summed E-state index contributed by atoms with van der Waals surface area (Å²) in [4.78, 5) is 42.6. The standard InChI is InChI=1S/C28H38ClF2N5O5/c1-28(27(39)40)11-4-3-6-17(28)26(38)36-13-10-16-18(29)8-9-21(41-15-19(32)24(25(30)31)34(2)33)23(16)20(36)14-35-12-5-7-22(35)37/h8-9,17,20,25H,3-7,10-15,32-33H2,1-2H3,(H,39,40)/b24-19-/t17-,20?,28-/m0/s1. The van der Waals surface area contributed by atoms with Crippen molar-refractivity contribution in [3.05, 3.63) is 39.7 Å². The molecule has 0 radical (unpaired) electrons. The Morgan fingerprint density at radius 3 is 2.59 bits per heavy atom. The molecule has 2 heterocycles. The molecule has 4 rings (SSSR count). The van der Waals surface area contributed by atoms with Gasteiger partial charge in [-0.1, -0.05) is 24.4 Å². The number of carboxylic acid groups (broad SMARTS) is 1. The number of fused-ring (bicyclic) bond motifs is 1. The van der Waals surface area contributed by atoms with E-state index in [0.29, 0.717) is 55.0 Å². The average Bonchev–Trinajstić information content (AvgIpc) is 3.32. The Bertz CT molecular complexity index is 1220. The number of hydrazine groups is 1. The van der Waals surface area contributed by atoms with Crippen molar-refractivity contribution in [2.45, 2.75) is 64.3 Å². The summed E-state index contributed by atoms with van der Waals surface area (Å²) in [5.74, 6) is 3.78. The minimum atomic E-state index is -2.92. The van der Waals surface area contributed by atoms with Crippen LogP contribution in [-0.4, -0.2) is 77.4 Å². The van der Waals surface area contributed by atoms with E-state index in [9.17, 15) is 28.3 Å². The van der Waals surface area contributed by atoms with Crippen LogP contribution >= 0.6 is 11.6 Å². The number of likely N-dealkylation sites (tertiary alicyclic amines) is 1. The first kappa shape index (κ1) is 30.8. The van der Waals surface area contributed by atoms with Crippen LogP contribution in [0, 0.1) is 11.3 Å². The summed E-state index contributed by atoms with van der Waals surface area (Å²) < 4.78 is 33.1. The van der Waals surface area contributed by atoms with Crippen molar-refractivity contribution in [2.75, 3.05) is 33.3 Å². The summed E-state index contributed by atoms with van der Waals surface area (Å²) in [5.41, 5.74) is 5.19. The predicted molar refractivity (Wildman–Crippen MR) is 148 cm³/mol. The maximum atomic E-state index is 14.2. The number of hydrogen-bond acceptors (Lipinski definition) is 7. The highest BCUT2D eigenvalue weighted by Gasteiger charge is 2.50. The molecule has 1 unspecified atom stereocenters. The van der Waals surface area contributed by atoms with Gasteiger partial charge in [-0.25, -0.2) is 14.6 Å². The van der Waals surface area contributed by atoms with Gasteiger partial charge in [0.1, 0.15) is 18.1 Å². The van der Waals surface area contributed by atoms with Crippen LogP contribution in [-0.2, 0) is 20.8 Å². The molecule has 1 saturated carbocycles. The first-order chi connectivity index (χ1) is 19.4. The van der Waals surface area contributed by atoms with E-state index in [1.165, 1.54) is 7.05 Å². The van der Waals surface area contributed by atoms with Crippen LogP contribution in [0.3, 0.4) is 0 Å². The fourth-order valence-electron chi connectivity index (χ4n) is 6.40. The molecule has 226 valence electrons. The molecule has 1 aromatic rings. The first-order valence-electron chi connectivity index (χ1n) is 13.9. The summed E-state index contributed by atoms with van der Waals surface area (Å²) >= 11 is 6.61. The van der Waals surface area contributed by atoms with Crippen molar-refractivity contribution in [1.29, 1.82) is 0 Å². The van der Waals surface area contributed by atoms with Gasteiger partial charge in [0.05, 0.1) is 23.1 Å². The molecule has 2 aliphatic heterocycles. The van der Waals surface area contributed by atoms with Gasteiger partial charge in [-0.05, 0) is 50.3 Å². The van der Waals surface area contributed by atoms with E-state index in [2.05, 4.69) is 0 Å². The number of allylic oxidation sites excluding steroid dienone is 1. The van der Waals surface area contributed by atoms with Gasteiger partial charge in [0, 0.05) is 43.7 Å². The molecule has 0 aromatic heterocycles. The minimum absolute atomic E-state index is 0.0400. The van der Waals surface area contributed by atoms with Crippen LogP contribution in [0.4, 0.5) is 8.78 Å². The second-order valence-electron chi connectivity index (χ2n) is 11.3. The van der Waals surface area contributed by atoms with Crippen molar-refractivity contribution < 1.29 is 33.0 Å². The van der Waals surface area contributed by atoms with Gasteiger partial charge in [-0.3, -0.25) is 14.4 Å². The number of hydrogen-bond donors (Lipinski definition) is 3. The Balaban J connectivity index is 1.75. The zero-order valence-electron chi connectivity index (χ0n) is 23.4. The van der Waals surface area contributed by atoms with Crippen LogP contribution in [0.15, 0.2) is 23.5 Å². The maximum absolute atomic E-state index is 14.2. The lowest BCUT2D eigenvalue weighted by atomic mass is 9.66. The highest BCUT2D eigenvalue weighted by molar-refractivity contribution is 6.31. The summed E-state index contributed by atoms with van der Waals surface area (Å²) in [6.07, 6.45) is 0.849. The zero-order valence-corrected chi connectivity index (χ0v) is 24.1. The van der Waals surface area contributed by atoms with Crippen molar-refractivity contribution in [3.63, 3.8) is 0 Å². The Kier molecular flexibility index (Phi) is 9.32. The SMILES string of the molecule is CN(N)/C(=C(\N)COc1ccc(Cl)c2c1C(CN1CCCC1=O)N(C(=O)[C@@H]1CCCC[C@]1(C)C(=O)O)CC2)C(F)F. The molecule has 1 aromatic carbocycles. The Labute approximate surface area is 243 Å². The fraction of sp³-hybridized carbons (Fsp3) is 0.607. The van der Waals surface area contributed by atoms with Crippen LogP contribution in [0.25, 0.3) is 0 Å². The van der Waals surface area contributed by atoms with Crippen molar-refractivity contribution in [2.24, 2.45) is 22.9 Å². The summed E-state index contributed by atoms with van der Waals surface area (Å²) in [6.45, 7) is 2.20. The van der Waals surface area contributed by atoms with Crippen LogP contribution in [0.1, 0.15) is 62.6 Å². The number of carbonyl (C=O) groups is 3. The summed E-state index contributed by atoms with van der Waals surface area (Å²) in [7, 11) is 1.25. The van der Waals surface area contributed by atoms with Gasteiger partial charge in [0.25, 0.3) is 6.43 Å². The molecule has 1 saturated heterocycles. The van der Waals surface area contributed by atoms with E-state index in [-0.39, 0.29) is 30.6 Å². The van der Waals surface area contributed by atoms with Crippen molar-refractivity contribution >= 4 is 29.4 Å². The van der Waals surface area contributed by atoms with E-state index in [1.807, 2.05) is 0 Å². The molecular weight excluding hydrogens is 560 g/mol. The zero-order chi connectivity index (χ0) is 30.1. The number of alkyl halides is 2. The molecule has 2 amide bonds. The van der Waals surface area contributed by atoms with Gasteiger partial charge in [0.2, 0.25) is 11.8 Å². The lowest BCUT2D eigenvalue weighted by Gasteiger charge is -2.45. The number of halogens is 3. The number of nitrogens with zero attached hydrogens (tertiary/aromatic N) is 3. The number of carboxylic acids is 1. The largest absolute Gasteiger partial charge is 0.487 e. The molecule has 0 spiro atoms. The molecule has 5 N–H and O–H groups in total. The fourth-order valence-corrected chi connectivity index (χ4v) is 6.66. The number of carbonyl (C=O) groups excluding carboxylic acids is 2. The highest BCUT2D eigenvalue weighted by Crippen LogP contribution is 2.46. The number of ether oxygens (including phenoxy) is 1. The van der Waals surface area contributed by atoms with E-state index >= 15 is 0 Å². The molecule has 41 heavy (non-hydrogen) atoms. The molecule has 0 bridgehead atoms. The monoisotopic (exact) mass is 597 g/mol. The summed E-state index contributed by atoms with van der Waals surface area (Å²) in [6, 6.07) is 2.55. The summed E-state index contributed by atoms with van der Waals surface area (Å²) in [5, 5.41) is 11.3. The van der Waals surface area contributed by atoms with Gasteiger partial charge in [-0.15, -0.1) is 0 Å². The van der Waals surface area contributed by atoms with E-state index in [1.54, 1.807) is 28.9 Å². The van der Waals surface area contributed by atoms with E-state index < -0.39 is 42.1 Å². The number of benzene rings is 1. The molecule has 3 aliphatic rings. The number of nitrogens with two attached hydrogens (primary N) is 2. The Morgan fingerprint density at radius 1 is 1.24 bits per heavy atom. The molecule has 3 atom stereocenters. The minimum Gasteiger partial charge on any atom is -0.487 e. The van der Waals surface area contributed by atoms with Gasteiger partial charge < -0.3 is 30.4 Å². The lowest BCUT2D eigenvalue weighted by molar-refractivity contribution is -0.162. The normalized spacial score (nSPS) is 25.2. The van der Waals surface area contributed by atoms with E-state index in [0.717, 1.165) is 23.4 Å². The molecule has 2 fully saturated rings. The van der Waals surface area contributed by atoms with Gasteiger partial charge in [0.15, 0.2) is 0 Å². The van der Waals surface area contributed by atoms with Crippen LogP contribution < -0.4 is 16.3 Å². The predicted octanol–water partition coefficient (Wildman–Crippen LogP) is 3.29. The number of aliphatic carboxylic acids is 1. The number of amides is 2. The molecule has 1 aliphatic carbocycles.